The summed E-state index contributed by atoms with van der Waals surface area (Å²) in [4.78, 5) is 18.7. The molecule has 0 aliphatic rings. The molecule has 2 rings (SSSR count). The molecule has 76 valence electrons. The molecule has 2 aromatic rings. The largest absolute Gasteiger partial charge is 0.334 e. The van der Waals surface area contributed by atoms with Crippen LogP contribution in [0.4, 0.5) is 0 Å². The van der Waals surface area contributed by atoms with Crippen molar-refractivity contribution in [2.45, 2.75) is 13.8 Å². The van der Waals surface area contributed by atoms with Gasteiger partial charge in [0.05, 0.1) is 10.9 Å². The van der Waals surface area contributed by atoms with Crippen LogP contribution in [0.1, 0.15) is 18.3 Å². The second-order valence-electron chi connectivity index (χ2n) is 3.38. The van der Waals surface area contributed by atoms with Gasteiger partial charge in [0.25, 0.3) is 5.56 Å². The Hall–Kier alpha value is -2.02. The van der Waals surface area contributed by atoms with Crippen LogP contribution in [-0.4, -0.2) is 14.5 Å². The SMILES string of the molecule is CC#Cc1cn(C)c2nc(C)[nH]c(=O)c12. The summed E-state index contributed by atoms with van der Waals surface area (Å²) in [5, 5.41) is 0.567. The molecule has 4 heteroatoms. The third-order valence-corrected chi connectivity index (χ3v) is 2.20. The van der Waals surface area contributed by atoms with Gasteiger partial charge in [0.2, 0.25) is 0 Å². The van der Waals surface area contributed by atoms with Crippen LogP contribution >= 0.6 is 0 Å². The predicted octanol–water partition coefficient (Wildman–Crippen LogP) is 0.941. The molecule has 0 bridgehead atoms. The zero-order chi connectivity index (χ0) is 11.0. The van der Waals surface area contributed by atoms with Gasteiger partial charge in [-0.25, -0.2) is 4.98 Å². The first kappa shape index (κ1) is 9.53. The fourth-order valence-electron chi connectivity index (χ4n) is 1.62. The van der Waals surface area contributed by atoms with Crippen LogP contribution in [0.3, 0.4) is 0 Å². The summed E-state index contributed by atoms with van der Waals surface area (Å²) in [6, 6.07) is 0. The van der Waals surface area contributed by atoms with Crippen molar-refractivity contribution in [1.82, 2.24) is 14.5 Å². The molecule has 0 amide bonds. The highest BCUT2D eigenvalue weighted by Crippen LogP contribution is 2.13. The normalized spacial score (nSPS) is 10.1. The minimum atomic E-state index is -0.129. The van der Waals surface area contributed by atoms with E-state index in [1.807, 2.05) is 17.8 Å². The maximum Gasteiger partial charge on any atom is 0.261 e. The topological polar surface area (TPSA) is 50.7 Å². The number of H-pyrrole nitrogens is 1. The van der Waals surface area contributed by atoms with E-state index in [4.69, 9.17) is 0 Å². The molecule has 0 saturated heterocycles. The van der Waals surface area contributed by atoms with Gasteiger partial charge in [0.15, 0.2) is 0 Å². The maximum atomic E-state index is 11.7. The predicted molar refractivity (Wildman–Crippen MR) is 58.6 cm³/mol. The van der Waals surface area contributed by atoms with Crippen LogP contribution in [0.15, 0.2) is 11.0 Å². The number of hydrogen-bond donors (Lipinski definition) is 1. The molecule has 2 aromatic heterocycles. The van der Waals surface area contributed by atoms with Crippen molar-refractivity contribution in [3.63, 3.8) is 0 Å². The first-order valence-corrected chi connectivity index (χ1v) is 4.62. The van der Waals surface area contributed by atoms with E-state index >= 15 is 0 Å². The summed E-state index contributed by atoms with van der Waals surface area (Å²) in [7, 11) is 1.86. The first-order chi connectivity index (χ1) is 7.13. The quantitative estimate of drug-likeness (QED) is 0.645. The smallest absolute Gasteiger partial charge is 0.261 e. The first-order valence-electron chi connectivity index (χ1n) is 4.62. The highest BCUT2D eigenvalue weighted by molar-refractivity contribution is 5.82. The lowest BCUT2D eigenvalue weighted by atomic mass is 10.2. The van der Waals surface area contributed by atoms with E-state index in [9.17, 15) is 4.79 Å². The van der Waals surface area contributed by atoms with E-state index in [2.05, 4.69) is 21.8 Å². The minimum absolute atomic E-state index is 0.129. The molecule has 0 fully saturated rings. The molecular weight excluding hydrogens is 190 g/mol. The number of nitrogens with zero attached hydrogens (tertiary/aromatic N) is 2. The third-order valence-electron chi connectivity index (χ3n) is 2.20. The highest BCUT2D eigenvalue weighted by Gasteiger charge is 2.10. The Kier molecular flexibility index (Phi) is 2.09. The van der Waals surface area contributed by atoms with Crippen LogP contribution in [0.2, 0.25) is 0 Å². The van der Waals surface area contributed by atoms with E-state index in [1.165, 1.54) is 0 Å². The van der Waals surface area contributed by atoms with Crippen LogP contribution < -0.4 is 5.56 Å². The molecule has 0 aliphatic heterocycles. The van der Waals surface area contributed by atoms with Crippen molar-refractivity contribution >= 4 is 11.0 Å². The second kappa shape index (κ2) is 3.28. The summed E-state index contributed by atoms with van der Waals surface area (Å²) >= 11 is 0. The molecule has 1 N–H and O–H groups in total. The van der Waals surface area contributed by atoms with Gasteiger partial charge in [-0.15, -0.1) is 5.92 Å². The lowest BCUT2D eigenvalue weighted by Gasteiger charge is -1.95. The van der Waals surface area contributed by atoms with E-state index in [-0.39, 0.29) is 5.56 Å². The van der Waals surface area contributed by atoms with Gasteiger partial charge in [-0.3, -0.25) is 4.79 Å². The second-order valence-corrected chi connectivity index (χ2v) is 3.38. The summed E-state index contributed by atoms with van der Waals surface area (Å²) in [5.74, 6) is 6.30. The third kappa shape index (κ3) is 1.42. The van der Waals surface area contributed by atoms with Gasteiger partial charge in [-0.05, 0) is 13.8 Å². The maximum absolute atomic E-state index is 11.7. The Bertz CT molecular complexity index is 637. The molecule has 0 radical (unpaired) electrons. The van der Waals surface area contributed by atoms with Gasteiger partial charge in [-0.2, -0.15) is 0 Å². The molecule has 0 unspecified atom stereocenters. The average molecular weight is 201 g/mol. The van der Waals surface area contributed by atoms with Crippen molar-refractivity contribution in [2.75, 3.05) is 0 Å². The fraction of sp³-hybridized carbons (Fsp3) is 0.273. The Labute approximate surface area is 87.0 Å². The molecule has 15 heavy (non-hydrogen) atoms. The number of fused-ring (bicyclic) bond motifs is 1. The number of rotatable bonds is 0. The number of nitrogens with one attached hydrogen (secondary N) is 1. The summed E-state index contributed by atoms with van der Waals surface area (Å²) in [6.07, 6.45) is 1.82. The van der Waals surface area contributed by atoms with E-state index in [0.717, 1.165) is 5.56 Å². The molecule has 0 saturated carbocycles. The summed E-state index contributed by atoms with van der Waals surface area (Å²) < 4.78 is 1.82. The zero-order valence-corrected chi connectivity index (χ0v) is 8.88. The van der Waals surface area contributed by atoms with Crippen molar-refractivity contribution in [3.05, 3.63) is 27.9 Å². The van der Waals surface area contributed by atoms with Crippen molar-refractivity contribution < 1.29 is 0 Å². The van der Waals surface area contributed by atoms with Gasteiger partial charge >= 0.3 is 0 Å². The van der Waals surface area contributed by atoms with Gasteiger partial charge < -0.3 is 9.55 Å². The fourth-order valence-corrected chi connectivity index (χ4v) is 1.62. The highest BCUT2D eigenvalue weighted by atomic mass is 16.1. The molecule has 0 aromatic carbocycles. The number of hydrogen-bond acceptors (Lipinski definition) is 2. The van der Waals surface area contributed by atoms with Crippen molar-refractivity contribution in [3.8, 4) is 11.8 Å². The van der Waals surface area contributed by atoms with Crippen LogP contribution in [0.25, 0.3) is 11.0 Å². The standard InChI is InChI=1S/C11H11N3O/c1-4-5-8-6-14(3)10-9(8)11(15)13-7(2)12-10/h6H,1-3H3,(H,12,13,15). The van der Waals surface area contributed by atoms with E-state index in [1.54, 1.807) is 13.8 Å². The Morgan fingerprint density at radius 3 is 2.93 bits per heavy atom. The molecule has 2 heterocycles. The summed E-state index contributed by atoms with van der Waals surface area (Å²) in [6.45, 7) is 3.51. The lowest BCUT2D eigenvalue weighted by Crippen LogP contribution is -2.10. The molecule has 0 aliphatic carbocycles. The monoisotopic (exact) mass is 201 g/mol. The Morgan fingerprint density at radius 1 is 1.53 bits per heavy atom. The van der Waals surface area contributed by atoms with Crippen LogP contribution in [0, 0.1) is 18.8 Å². The lowest BCUT2D eigenvalue weighted by molar-refractivity contribution is 0.927. The average Bonchev–Trinajstić information content (AvgIpc) is 2.44. The number of aryl methyl sites for hydroxylation is 2. The minimum Gasteiger partial charge on any atom is -0.334 e. The molecule has 4 nitrogen and oxygen atoms in total. The van der Waals surface area contributed by atoms with Gasteiger partial charge in [-0.1, -0.05) is 5.92 Å². The van der Waals surface area contributed by atoms with Gasteiger partial charge in [0, 0.05) is 13.2 Å². The Balaban J connectivity index is 2.98. The van der Waals surface area contributed by atoms with Crippen molar-refractivity contribution in [2.24, 2.45) is 7.05 Å². The van der Waals surface area contributed by atoms with Gasteiger partial charge in [0.1, 0.15) is 11.5 Å². The summed E-state index contributed by atoms with van der Waals surface area (Å²) in [5.41, 5.74) is 1.27. The van der Waals surface area contributed by atoms with E-state index < -0.39 is 0 Å². The number of aromatic amines is 1. The Morgan fingerprint density at radius 2 is 2.27 bits per heavy atom. The van der Waals surface area contributed by atoms with Crippen LogP contribution in [-0.2, 0) is 7.05 Å². The van der Waals surface area contributed by atoms with Crippen molar-refractivity contribution in [1.29, 1.82) is 0 Å². The molecule has 0 spiro atoms. The van der Waals surface area contributed by atoms with E-state index in [0.29, 0.717) is 16.9 Å². The molecule has 0 atom stereocenters. The zero-order valence-electron chi connectivity index (χ0n) is 8.88. The molecular formula is C11H11N3O. The van der Waals surface area contributed by atoms with Crippen LogP contribution in [0.5, 0.6) is 0 Å². The number of aromatic nitrogens is 3.